The molecule has 2 aromatic rings. The second kappa shape index (κ2) is 5.96. The number of benzene rings is 2. The highest BCUT2D eigenvalue weighted by Crippen LogP contribution is 2.34. The van der Waals surface area contributed by atoms with Gasteiger partial charge < -0.3 is 5.11 Å². The van der Waals surface area contributed by atoms with Crippen LogP contribution in [0.25, 0.3) is 0 Å². The largest absolute Gasteiger partial charge is 0.378 e. The van der Waals surface area contributed by atoms with Gasteiger partial charge in [0.1, 0.15) is 5.60 Å². The van der Waals surface area contributed by atoms with Crippen molar-refractivity contribution in [3.63, 3.8) is 0 Å². The lowest BCUT2D eigenvalue weighted by Gasteiger charge is -2.19. The van der Waals surface area contributed by atoms with Crippen molar-refractivity contribution in [2.24, 2.45) is 0 Å². The quantitative estimate of drug-likeness (QED) is 0.415. The molecule has 1 N–H and O–H groups in total. The lowest BCUT2D eigenvalue weighted by atomic mass is 9.83. The predicted octanol–water partition coefficient (Wildman–Crippen LogP) is 3.07. The highest BCUT2D eigenvalue weighted by molar-refractivity contribution is 6.42. The summed E-state index contributed by atoms with van der Waals surface area (Å²) in [4.78, 5) is 37.6. The predicted molar refractivity (Wildman–Crippen MR) is 93.2 cm³/mol. The minimum atomic E-state index is -1.33. The van der Waals surface area contributed by atoms with E-state index < -0.39 is 17.2 Å². The van der Waals surface area contributed by atoms with Crippen molar-refractivity contribution in [1.82, 2.24) is 0 Å². The van der Waals surface area contributed by atoms with Crippen molar-refractivity contribution in [1.29, 1.82) is 0 Å². The van der Waals surface area contributed by atoms with Gasteiger partial charge >= 0.3 is 0 Å². The molecule has 5 heteroatoms. The van der Waals surface area contributed by atoms with Crippen LogP contribution < -0.4 is 0 Å². The maximum absolute atomic E-state index is 12.7. The summed E-state index contributed by atoms with van der Waals surface area (Å²) in [6.07, 6.45) is 0. The zero-order valence-electron chi connectivity index (χ0n) is 13.5. The molecule has 0 saturated carbocycles. The van der Waals surface area contributed by atoms with Crippen LogP contribution in [0.5, 0.6) is 0 Å². The van der Waals surface area contributed by atoms with E-state index in [0.717, 1.165) is 0 Å². The Morgan fingerprint density at radius 3 is 2.20 bits per heavy atom. The molecule has 0 atom stereocenters. The second-order valence-corrected chi connectivity index (χ2v) is 6.57. The van der Waals surface area contributed by atoms with Crippen molar-refractivity contribution < 1.29 is 19.5 Å². The third-order valence-corrected chi connectivity index (χ3v) is 4.15. The fraction of sp³-hybridized carbons (Fsp3) is 0.150. The smallest absolute Gasteiger partial charge is 0.237 e. The minimum Gasteiger partial charge on any atom is -0.378 e. The topological polar surface area (TPSA) is 71.4 Å². The molecule has 0 aromatic heterocycles. The van der Waals surface area contributed by atoms with Crippen LogP contribution in [-0.4, -0.2) is 28.1 Å². The standard InChI is InChI=1S/C20H13ClO4/c1-20(2,25)10-9-15(22)13-7-8-14-16(17(13)21)19(24)12-6-4-3-5-11(12)18(14)23/h3-8,25H,1-2H3. The van der Waals surface area contributed by atoms with Gasteiger partial charge in [0.25, 0.3) is 0 Å². The lowest BCUT2D eigenvalue weighted by molar-refractivity contribution is 0.0978. The first-order chi connectivity index (χ1) is 11.7. The summed E-state index contributed by atoms with van der Waals surface area (Å²) in [6, 6.07) is 9.27. The average molecular weight is 353 g/mol. The van der Waals surface area contributed by atoms with E-state index >= 15 is 0 Å². The SMILES string of the molecule is CC(C)(O)C#CC(=O)c1ccc2c(c1Cl)C(=O)c1ccccc1C2=O. The molecule has 0 unspecified atom stereocenters. The molecule has 0 heterocycles. The third kappa shape index (κ3) is 3.00. The van der Waals surface area contributed by atoms with E-state index in [0.29, 0.717) is 5.56 Å². The second-order valence-electron chi connectivity index (χ2n) is 6.19. The van der Waals surface area contributed by atoms with Gasteiger partial charge in [-0.2, -0.15) is 0 Å². The maximum atomic E-state index is 12.7. The monoisotopic (exact) mass is 352 g/mol. The Morgan fingerprint density at radius 1 is 1.00 bits per heavy atom. The van der Waals surface area contributed by atoms with E-state index in [1.807, 2.05) is 0 Å². The number of halogens is 1. The van der Waals surface area contributed by atoms with Gasteiger partial charge in [-0.25, -0.2) is 0 Å². The Bertz CT molecular complexity index is 1000. The van der Waals surface area contributed by atoms with Crippen molar-refractivity contribution in [3.05, 3.63) is 69.2 Å². The number of Topliss-reactive ketones (excluding diaryl/α,β-unsaturated/α-hetero) is 1. The van der Waals surface area contributed by atoms with Crippen molar-refractivity contribution in [3.8, 4) is 11.8 Å². The van der Waals surface area contributed by atoms with Crippen molar-refractivity contribution in [2.45, 2.75) is 19.4 Å². The fourth-order valence-electron chi connectivity index (χ4n) is 2.60. The molecule has 0 amide bonds. The molecule has 3 rings (SSSR count). The molecule has 4 nitrogen and oxygen atoms in total. The zero-order chi connectivity index (χ0) is 18.4. The van der Waals surface area contributed by atoms with Crippen LogP contribution >= 0.6 is 11.6 Å². The van der Waals surface area contributed by atoms with Crippen LogP contribution in [0.2, 0.25) is 5.02 Å². The Balaban J connectivity index is 2.14. The van der Waals surface area contributed by atoms with Gasteiger partial charge in [0.05, 0.1) is 16.1 Å². The Kier molecular flexibility index (Phi) is 4.08. The molecule has 0 saturated heterocycles. The number of hydrogen-bond donors (Lipinski definition) is 1. The van der Waals surface area contributed by atoms with Gasteiger partial charge in [-0.1, -0.05) is 41.8 Å². The van der Waals surface area contributed by atoms with Gasteiger partial charge in [0, 0.05) is 16.7 Å². The summed E-state index contributed by atoms with van der Waals surface area (Å²) in [5.41, 5.74) is -0.549. The summed E-state index contributed by atoms with van der Waals surface area (Å²) >= 11 is 6.27. The number of ketones is 3. The van der Waals surface area contributed by atoms with Gasteiger partial charge in [-0.05, 0) is 31.9 Å². The van der Waals surface area contributed by atoms with Crippen LogP contribution in [0, 0.1) is 11.8 Å². The molecule has 124 valence electrons. The summed E-state index contributed by atoms with van der Waals surface area (Å²) in [7, 11) is 0. The summed E-state index contributed by atoms with van der Waals surface area (Å²) in [5.74, 6) is 3.38. The van der Waals surface area contributed by atoms with E-state index in [1.54, 1.807) is 24.3 Å². The third-order valence-electron chi connectivity index (χ3n) is 3.76. The first-order valence-corrected chi connectivity index (χ1v) is 7.89. The van der Waals surface area contributed by atoms with Crippen LogP contribution in [0.15, 0.2) is 36.4 Å². The van der Waals surface area contributed by atoms with E-state index in [-0.39, 0.29) is 33.1 Å². The van der Waals surface area contributed by atoms with E-state index in [9.17, 15) is 19.5 Å². The van der Waals surface area contributed by atoms with Gasteiger partial charge in [-0.3, -0.25) is 14.4 Å². The zero-order valence-corrected chi connectivity index (χ0v) is 14.3. The van der Waals surface area contributed by atoms with Crippen molar-refractivity contribution in [2.75, 3.05) is 0 Å². The number of hydrogen-bond acceptors (Lipinski definition) is 4. The summed E-state index contributed by atoms with van der Waals surface area (Å²) in [6.45, 7) is 2.89. The van der Waals surface area contributed by atoms with Gasteiger partial charge in [0.2, 0.25) is 5.78 Å². The molecule has 1 aliphatic rings. The average Bonchev–Trinajstić information content (AvgIpc) is 2.56. The number of rotatable bonds is 1. The highest BCUT2D eigenvalue weighted by Gasteiger charge is 2.32. The Hall–Kier alpha value is -2.74. The molecule has 25 heavy (non-hydrogen) atoms. The van der Waals surface area contributed by atoms with E-state index in [4.69, 9.17) is 11.6 Å². The number of carbonyl (C=O) groups is 3. The normalized spacial score (nSPS) is 12.8. The molecule has 0 radical (unpaired) electrons. The first-order valence-electron chi connectivity index (χ1n) is 7.51. The lowest BCUT2D eigenvalue weighted by Crippen LogP contribution is -2.22. The van der Waals surface area contributed by atoms with E-state index in [2.05, 4.69) is 11.8 Å². The molecule has 0 aliphatic heterocycles. The molecular weight excluding hydrogens is 340 g/mol. The van der Waals surface area contributed by atoms with Crippen LogP contribution in [0.1, 0.15) is 56.0 Å². The van der Waals surface area contributed by atoms with Gasteiger partial charge in [-0.15, -0.1) is 0 Å². The first kappa shape index (κ1) is 17.1. The van der Waals surface area contributed by atoms with Crippen LogP contribution in [0.4, 0.5) is 0 Å². The minimum absolute atomic E-state index is 0.0151. The molecule has 0 bridgehead atoms. The Labute approximate surface area is 149 Å². The summed E-state index contributed by atoms with van der Waals surface area (Å²) in [5, 5.41) is 9.51. The number of fused-ring (bicyclic) bond motifs is 2. The number of aliphatic hydroxyl groups is 1. The molecule has 2 aromatic carbocycles. The highest BCUT2D eigenvalue weighted by atomic mass is 35.5. The fourth-order valence-corrected chi connectivity index (χ4v) is 2.93. The van der Waals surface area contributed by atoms with Crippen LogP contribution in [-0.2, 0) is 0 Å². The van der Waals surface area contributed by atoms with E-state index in [1.165, 1.54) is 26.0 Å². The molecule has 1 aliphatic carbocycles. The molecular formula is C20H13ClO4. The van der Waals surface area contributed by atoms with Crippen molar-refractivity contribution >= 4 is 29.0 Å². The van der Waals surface area contributed by atoms with Gasteiger partial charge in [0.15, 0.2) is 11.6 Å². The molecule has 0 spiro atoms. The molecule has 0 fully saturated rings. The number of carbonyl (C=O) groups excluding carboxylic acids is 3. The Morgan fingerprint density at radius 2 is 1.60 bits per heavy atom. The van der Waals surface area contributed by atoms with Crippen LogP contribution in [0.3, 0.4) is 0 Å². The maximum Gasteiger partial charge on any atom is 0.237 e. The summed E-state index contributed by atoms with van der Waals surface area (Å²) < 4.78 is 0.